The molecule has 0 fully saturated rings. The number of aromatic nitrogens is 2. The number of aliphatic imine (C=N–C) groups is 1. The molecule has 0 bridgehead atoms. The molecule has 0 amide bonds. The third-order valence-corrected chi connectivity index (χ3v) is 5.44. The molecule has 2 N–H and O–H groups in total. The highest BCUT2D eigenvalue weighted by atomic mass is 35.5. The second kappa shape index (κ2) is 7.83. The number of nitrogens with zero attached hydrogens (tertiary/aromatic N) is 2. The van der Waals surface area contributed by atoms with E-state index >= 15 is 0 Å². The first kappa shape index (κ1) is 19.8. The predicted octanol–water partition coefficient (Wildman–Crippen LogP) is 4.56. The Hall–Kier alpha value is -4.16. The number of hydrogen-bond acceptors (Lipinski definition) is 4. The van der Waals surface area contributed by atoms with E-state index in [9.17, 15) is 14.7 Å². The number of benzene rings is 3. The van der Waals surface area contributed by atoms with Crippen LogP contribution in [0.2, 0.25) is 5.02 Å². The molecule has 4 aromatic rings. The molecule has 0 saturated heterocycles. The Bertz CT molecular complexity index is 1530. The molecule has 1 aliphatic rings. The summed E-state index contributed by atoms with van der Waals surface area (Å²) in [6.45, 7) is 0. The van der Waals surface area contributed by atoms with E-state index in [1.807, 2.05) is 54.6 Å². The Balaban J connectivity index is 1.75. The third-order valence-electron chi connectivity index (χ3n) is 5.20. The fraction of sp³-hybridized carbons (Fsp3) is 0. The lowest BCUT2D eigenvalue weighted by atomic mass is 9.96. The topological polar surface area (TPSA) is 87.5 Å². The molecule has 7 heteroatoms. The van der Waals surface area contributed by atoms with Gasteiger partial charge in [-0.1, -0.05) is 66.2 Å². The lowest BCUT2D eigenvalue weighted by molar-refractivity contribution is 0.429. The highest BCUT2D eigenvalue weighted by molar-refractivity contribution is 6.39. The van der Waals surface area contributed by atoms with Gasteiger partial charge in [0.25, 0.3) is 5.56 Å². The van der Waals surface area contributed by atoms with Gasteiger partial charge in [-0.3, -0.25) is 9.78 Å². The summed E-state index contributed by atoms with van der Waals surface area (Å²) in [5.41, 5.74) is 2.61. The molecule has 0 atom stereocenters. The van der Waals surface area contributed by atoms with Gasteiger partial charge in [0, 0.05) is 21.7 Å². The first-order valence-electron chi connectivity index (χ1n) is 9.83. The van der Waals surface area contributed by atoms with Crippen LogP contribution in [0.4, 0.5) is 5.69 Å². The first-order valence-corrected chi connectivity index (χ1v) is 10.2. The predicted molar refractivity (Wildman–Crippen MR) is 126 cm³/mol. The molecule has 0 spiro atoms. The van der Waals surface area contributed by atoms with E-state index in [0.29, 0.717) is 22.0 Å². The van der Waals surface area contributed by atoms with Crippen LogP contribution in [0.15, 0.2) is 93.4 Å². The summed E-state index contributed by atoms with van der Waals surface area (Å²) in [7, 11) is 0. The molecule has 2 heterocycles. The van der Waals surface area contributed by atoms with Crippen LogP contribution in [0, 0.1) is 0 Å². The van der Waals surface area contributed by atoms with Crippen molar-refractivity contribution in [2.75, 3.05) is 0 Å². The van der Waals surface area contributed by atoms with E-state index in [-0.39, 0.29) is 5.56 Å². The zero-order valence-electron chi connectivity index (χ0n) is 16.6. The van der Waals surface area contributed by atoms with Gasteiger partial charge in [0.1, 0.15) is 5.56 Å². The normalized spacial score (nSPS) is 13.8. The van der Waals surface area contributed by atoms with Crippen molar-refractivity contribution in [2.24, 2.45) is 4.99 Å². The maximum absolute atomic E-state index is 12.7. The van der Waals surface area contributed by atoms with Crippen molar-refractivity contribution in [2.45, 2.75) is 0 Å². The van der Waals surface area contributed by atoms with E-state index in [0.717, 1.165) is 21.4 Å². The Labute approximate surface area is 187 Å². The van der Waals surface area contributed by atoms with E-state index in [1.54, 1.807) is 24.3 Å². The molecule has 6 nitrogen and oxygen atoms in total. The monoisotopic (exact) mass is 441 g/mol. The minimum absolute atomic E-state index is 0.0556. The first-order chi connectivity index (χ1) is 15.5. The van der Waals surface area contributed by atoms with Gasteiger partial charge in [-0.2, -0.15) is 0 Å². The van der Waals surface area contributed by atoms with Crippen molar-refractivity contribution in [3.8, 4) is 11.6 Å². The van der Waals surface area contributed by atoms with E-state index in [4.69, 9.17) is 16.6 Å². The molecule has 0 radical (unpaired) electrons. The van der Waals surface area contributed by atoms with Crippen LogP contribution < -0.4 is 11.2 Å². The van der Waals surface area contributed by atoms with Gasteiger partial charge in [0.15, 0.2) is 0 Å². The SMILES string of the molecule is O=c1[nH]c(=O)n(-c2cccc(Cl)c2)c(O)c1/C=C1/C(c2ccccc2)=Nc2ccccc21. The van der Waals surface area contributed by atoms with E-state index in [1.165, 1.54) is 6.07 Å². The van der Waals surface area contributed by atoms with Crippen LogP contribution in [0.1, 0.15) is 16.7 Å². The zero-order chi connectivity index (χ0) is 22.2. The number of fused-ring (bicyclic) bond motifs is 1. The summed E-state index contributed by atoms with van der Waals surface area (Å²) >= 11 is 6.05. The van der Waals surface area contributed by atoms with Crippen molar-refractivity contribution in [3.63, 3.8) is 0 Å². The number of rotatable bonds is 3. The summed E-state index contributed by atoms with van der Waals surface area (Å²) in [6.07, 6.45) is 1.56. The molecule has 1 aliphatic heterocycles. The highest BCUT2D eigenvalue weighted by Crippen LogP contribution is 2.38. The average Bonchev–Trinajstić information content (AvgIpc) is 3.15. The minimum atomic E-state index is -0.763. The molecular formula is C25H16ClN3O3. The maximum atomic E-state index is 12.7. The summed E-state index contributed by atoms with van der Waals surface area (Å²) in [5, 5.41) is 11.4. The lowest BCUT2D eigenvalue weighted by Crippen LogP contribution is -2.30. The Morgan fingerprint density at radius 3 is 2.47 bits per heavy atom. The van der Waals surface area contributed by atoms with Crippen molar-refractivity contribution in [1.29, 1.82) is 0 Å². The number of para-hydroxylation sites is 1. The van der Waals surface area contributed by atoms with Crippen molar-refractivity contribution in [1.82, 2.24) is 9.55 Å². The molecule has 5 rings (SSSR count). The number of aromatic hydroxyl groups is 1. The zero-order valence-corrected chi connectivity index (χ0v) is 17.4. The Morgan fingerprint density at radius 1 is 0.938 bits per heavy atom. The molecule has 156 valence electrons. The maximum Gasteiger partial charge on any atom is 0.335 e. The Morgan fingerprint density at radius 2 is 1.69 bits per heavy atom. The molecule has 0 aliphatic carbocycles. The largest absolute Gasteiger partial charge is 0.494 e. The van der Waals surface area contributed by atoms with Gasteiger partial charge in [-0.15, -0.1) is 0 Å². The highest BCUT2D eigenvalue weighted by Gasteiger charge is 2.24. The minimum Gasteiger partial charge on any atom is -0.494 e. The standard InChI is InChI=1S/C25H16ClN3O3/c26-16-9-6-10-17(13-16)29-24(31)20(23(30)28-25(29)32)14-19-18-11-4-5-12-21(18)27-22(19)15-7-2-1-3-8-15/h1-14,31H,(H,28,30,32)/b19-14+. The second-order valence-corrected chi connectivity index (χ2v) is 7.65. The quantitative estimate of drug-likeness (QED) is 0.488. The number of allylic oxidation sites excluding steroid dienone is 1. The number of hydrogen-bond donors (Lipinski definition) is 2. The van der Waals surface area contributed by atoms with Gasteiger partial charge >= 0.3 is 5.69 Å². The van der Waals surface area contributed by atoms with Crippen LogP contribution in [0.5, 0.6) is 5.88 Å². The molecule has 0 unspecified atom stereocenters. The number of aromatic amines is 1. The second-order valence-electron chi connectivity index (χ2n) is 7.21. The van der Waals surface area contributed by atoms with Crippen molar-refractivity contribution >= 4 is 34.6 Å². The molecule has 32 heavy (non-hydrogen) atoms. The van der Waals surface area contributed by atoms with Crippen LogP contribution in [-0.2, 0) is 0 Å². The number of nitrogens with one attached hydrogen (secondary N) is 1. The van der Waals surface area contributed by atoms with Gasteiger partial charge < -0.3 is 5.11 Å². The van der Waals surface area contributed by atoms with Gasteiger partial charge in [0.05, 0.1) is 17.1 Å². The third kappa shape index (κ3) is 3.36. The summed E-state index contributed by atoms with van der Waals surface area (Å²) in [6, 6.07) is 23.6. The summed E-state index contributed by atoms with van der Waals surface area (Å²) in [4.78, 5) is 32.2. The van der Waals surface area contributed by atoms with Gasteiger partial charge in [-0.05, 0) is 30.3 Å². The number of H-pyrrole nitrogens is 1. The molecular weight excluding hydrogens is 426 g/mol. The van der Waals surface area contributed by atoms with E-state index in [2.05, 4.69) is 4.98 Å². The smallest absolute Gasteiger partial charge is 0.335 e. The van der Waals surface area contributed by atoms with Gasteiger partial charge in [-0.25, -0.2) is 14.4 Å². The van der Waals surface area contributed by atoms with Crippen molar-refractivity contribution in [3.05, 3.63) is 121 Å². The Kier molecular flexibility index (Phi) is 4.84. The number of halogens is 1. The van der Waals surface area contributed by atoms with Crippen LogP contribution in [-0.4, -0.2) is 20.4 Å². The lowest BCUT2D eigenvalue weighted by Gasteiger charge is -2.11. The molecule has 3 aromatic carbocycles. The van der Waals surface area contributed by atoms with Crippen molar-refractivity contribution < 1.29 is 5.11 Å². The van der Waals surface area contributed by atoms with Crippen LogP contribution in [0.25, 0.3) is 17.3 Å². The summed E-state index contributed by atoms with van der Waals surface area (Å²) in [5.74, 6) is -0.481. The summed E-state index contributed by atoms with van der Waals surface area (Å²) < 4.78 is 1.01. The van der Waals surface area contributed by atoms with Crippen LogP contribution in [0.3, 0.4) is 0 Å². The average molecular weight is 442 g/mol. The van der Waals surface area contributed by atoms with Gasteiger partial charge in [0.2, 0.25) is 5.88 Å². The molecule has 1 aromatic heterocycles. The van der Waals surface area contributed by atoms with E-state index < -0.39 is 17.1 Å². The fourth-order valence-corrected chi connectivity index (χ4v) is 3.92. The molecule has 0 saturated carbocycles. The fourth-order valence-electron chi connectivity index (χ4n) is 3.74. The van der Waals surface area contributed by atoms with Crippen LogP contribution >= 0.6 is 11.6 Å².